The van der Waals surface area contributed by atoms with E-state index in [0.717, 1.165) is 49.7 Å². The molecule has 0 aliphatic heterocycles. The number of ether oxygens (including phenoxy) is 2. The van der Waals surface area contributed by atoms with Crippen molar-refractivity contribution >= 4 is 5.96 Å². The summed E-state index contributed by atoms with van der Waals surface area (Å²) in [4.78, 5) is 4.22. The fourth-order valence-corrected chi connectivity index (χ4v) is 2.39. The van der Waals surface area contributed by atoms with Gasteiger partial charge in [0.2, 0.25) is 0 Å². The van der Waals surface area contributed by atoms with Gasteiger partial charge in [-0.15, -0.1) is 0 Å². The second kappa shape index (κ2) is 11.9. The van der Waals surface area contributed by atoms with Gasteiger partial charge in [-0.3, -0.25) is 9.67 Å². The Kier molecular flexibility index (Phi) is 9.07. The SMILES string of the molecule is CN=C(NCCCOCc1ccc(OC)cc1)NCCCn1cccn1. The van der Waals surface area contributed by atoms with Gasteiger partial charge in [-0.25, -0.2) is 0 Å². The minimum Gasteiger partial charge on any atom is -0.497 e. The molecule has 1 heterocycles. The first kappa shape index (κ1) is 19.8. The van der Waals surface area contributed by atoms with Crippen LogP contribution in [0.5, 0.6) is 5.75 Å². The van der Waals surface area contributed by atoms with Crippen LogP contribution in [0, 0.1) is 0 Å². The van der Waals surface area contributed by atoms with E-state index in [1.165, 1.54) is 0 Å². The number of nitrogens with one attached hydrogen (secondary N) is 2. The fourth-order valence-electron chi connectivity index (χ4n) is 2.39. The van der Waals surface area contributed by atoms with Crippen molar-refractivity contribution in [1.82, 2.24) is 20.4 Å². The minimum absolute atomic E-state index is 0.615. The maximum absolute atomic E-state index is 5.70. The first-order valence-corrected chi connectivity index (χ1v) is 8.94. The lowest BCUT2D eigenvalue weighted by molar-refractivity contribution is 0.119. The predicted molar refractivity (Wildman–Crippen MR) is 103 cm³/mol. The second-order valence-electron chi connectivity index (χ2n) is 5.80. The van der Waals surface area contributed by atoms with Crippen LogP contribution in [-0.2, 0) is 17.9 Å². The number of hydrogen-bond acceptors (Lipinski definition) is 4. The largest absolute Gasteiger partial charge is 0.497 e. The first-order valence-electron chi connectivity index (χ1n) is 8.94. The molecule has 0 amide bonds. The molecular weight excluding hydrogens is 330 g/mol. The summed E-state index contributed by atoms with van der Waals surface area (Å²) in [5.41, 5.74) is 1.15. The number of methoxy groups -OCH3 is 1. The fraction of sp³-hybridized carbons (Fsp3) is 0.474. The monoisotopic (exact) mass is 359 g/mol. The molecule has 0 bridgehead atoms. The standard InChI is InChI=1S/C19H29N5O2/c1-20-19(21-10-3-13-24-14-4-12-23-24)22-11-5-15-26-16-17-6-8-18(25-2)9-7-17/h4,6-9,12,14H,3,5,10-11,13,15-16H2,1-2H3,(H2,20,21,22). The molecule has 7 nitrogen and oxygen atoms in total. The molecule has 0 radical (unpaired) electrons. The average Bonchev–Trinajstić information content (AvgIpc) is 3.20. The predicted octanol–water partition coefficient (Wildman–Crippen LogP) is 2.05. The third kappa shape index (κ3) is 7.57. The van der Waals surface area contributed by atoms with E-state index in [9.17, 15) is 0 Å². The smallest absolute Gasteiger partial charge is 0.190 e. The maximum atomic E-state index is 5.70. The summed E-state index contributed by atoms with van der Waals surface area (Å²) in [6.07, 6.45) is 5.68. The van der Waals surface area contributed by atoms with Crippen LogP contribution in [0.25, 0.3) is 0 Å². The zero-order valence-corrected chi connectivity index (χ0v) is 15.6. The quantitative estimate of drug-likeness (QED) is 0.365. The zero-order chi connectivity index (χ0) is 18.5. The third-order valence-electron chi connectivity index (χ3n) is 3.82. The lowest BCUT2D eigenvalue weighted by Crippen LogP contribution is -2.38. The van der Waals surface area contributed by atoms with Gasteiger partial charge >= 0.3 is 0 Å². The van der Waals surface area contributed by atoms with Crippen molar-refractivity contribution < 1.29 is 9.47 Å². The Bertz CT molecular complexity index is 626. The van der Waals surface area contributed by atoms with Crippen LogP contribution in [0.2, 0.25) is 0 Å². The molecule has 0 unspecified atom stereocenters. The molecule has 1 aromatic carbocycles. The van der Waals surface area contributed by atoms with E-state index in [1.807, 2.05) is 41.2 Å². The lowest BCUT2D eigenvalue weighted by atomic mass is 10.2. The maximum Gasteiger partial charge on any atom is 0.190 e. The second-order valence-corrected chi connectivity index (χ2v) is 5.80. The first-order chi connectivity index (χ1) is 12.8. The van der Waals surface area contributed by atoms with Gasteiger partial charge in [0.15, 0.2) is 5.96 Å². The van der Waals surface area contributed by atoms with Crippen molar-refractivity contribution in [3.05, 3.63) is 48.3 Å². The van der Waals surface area contributed by atoms with Crippen molar-refractivity contribution in [3.8, 4) is 5.75 Å². The van der Waals surface area contributed by atoms with Gasteiger partial charge in [-0.2, -0.15) is 5.10 Å². The normalized spacial score (nSPS) is 11.4. The molecule has 0 saturated heterocycles. The van der Waals surface area contributed by atoms with Crippen LogP contribution >= 0.6 is 0 Å². The van der Waals surface area contributed by atoms with Gasteiger partial charge in [0.25, 0.3) is 0 Å². The summed E-state index contributed by atoms with van der Waals surface area (Å²) in [7, 11) is 3.45. The summed E-state index contributed by atoms with van der Waals surface area (Å²) < 4.78 is 12.8. The van der Waals surface area contributed by atoms with Gasteiger partial charge < -0.3 is 20.1 Å². The summed E-state index contributed by atoms with van der Waals surface area (Å²) in [5, 5.41) is 10.8. The van der Waals surface area contributed by atoms with E-state index >= 15 is 0 Å². The molecule has 142 valence electrons. The molecule has 0 atom stereocenters. The van der Waals surface area contributed by atoms with Crippen LogP contribution in [0.1, 0.15) is 18.4 Å². The number of nitrogens with zero attached hydrogens (tertiary/aromatic N) is 3. The van der Waals surface area contributed by atoms with Gasteiger partial charge in [0.05, 0.1) is 13.7 Å². The Hall–Kier alpha value is -2.54. The lowest BCUT2D eigenvalue weighted by Gasteiger charge is -2.12. The molecular formula is C19H29N5O2. The summed E-state index contributed by atoms with van der Waals surface area (Å²) in [6.45, 7) is 3.89. The number of guanidine groups is 1. The summed E-state index contributed by atoms with van der Waals surface area (Å²) in [6, 6.07) is 9.87. The molecule has 0 aliphatic carbocycles. The number of aryl methyl sites for hydroxylation is 1. The Labute approximate surface area is 155 Å². The molecule has 0 aliphatic rings. The van der Waals surface area contributed by atoms with Crippen molar-refractivity contribution in [2.45, 2.75) is 26.0 Å². The average molecular weight is 359 g/mol. The van der Waals surface area contributed by atoms with E-state index < -0.39 is 0 Å². The van der Waals surface area contributed by atoms with Gasteiger partial charge in [0, 0.05) is 45.7 Å². The number of aliphatic imine (C=N–C) groups is 1. The molecule has 0 saturated carbocycles. The van der Waals surface area contributed by atoms with E-state index in [0.29, 0.717) is 13.2 Å². The van der Waals surface area contributed by atoms with Crippen molar-refractivity contribution in [3.63, 3.8) is 0 Å². The Morgan fingerprint density at radius 2 is 1.92 bits per heavy atom. The molecule has 26 heavy (non-hydrogen) atoms. The number of aromatic nitrogens is 2. The van der Waals surface area contributed by atoms with Crippen molar-refractivity contribution in [2.24, 2.45) is 4.99 Å². The molecule has 2 N–H and O–H groups in total. The van der Waals surface area contributed by atoms with Crippen LogP contribution < -0.4 is 15.4 Å². The molecule has 7 heteroatoms. The topological polar surface area (TPSA) is 72.7 Å². The summed E-state index contributed by atoms with van der Waals surface area (Å²) in [5.74, 6) is 1.68. The van der Waals surface area contributed by atoms with E-state index in [-0.39, 0.29) is 0 Å². The van der Waals surface area contributed by atoms with Crippen LogP contribution in [0.4, 0.5) is 0 Å². The molecule has 0 fully saturated rings. The minimum atomic E-state index is 0.615. The number of rotatable bonds is 11. The van der Waals surface area contributed by atoms with Gasteiger partial charge in [-0.05, 0) is 36.6 Å². The van der Waals surface area contributed by atoms with Crippen LogP contribution in [0.3, 0.4) is 0 Å². The van der Waals surface area contributed by atoms with Crippen molar-refractivity contribution in [2.75, 3.05) is 33.9 Å². The van der Waals surface area contributed by atoms with E-state index in [4.69, 9.17) is 9.47 Å². The van der Waals surface area contributed by atoms with Crippen molar-refractivity contribution in [1.29, 1.82) is 0 Å². The number of benzene rings is 1. The highest BCUT2D eigenvalue weighted by Crippen LogP contribution is 2.11. The Morgan fingerprint density at radius 1 is 1.15 bits per heavy atom. The van der Waals surface area contributed by atoms with Crippen LogP contribution in [0.15, 0.2) is 47.7 Å². The van der Waals surface area contributed by atoms with Crippen LogP contribution in [-0.4, -0.2) is 49.6 Å². The highest BCUT2D eigenvalue weighted by molar-refractivity contribution is 5.79. The summed E-state index contributed by atoms with van der Waals surface area (Å²) >= 11 is 0. The third-order valence-corrected chi connectivity index (χ3v) is 3.82. The molecule has 2 rings (SSSR count). The van der Waals surface area contributed by atoms with Gasteiger partial charge in [-0.1, -0.05) is 12.1 Å². The number of hydrogen-bond donors (Lipinski definition) is 2. The highest BCUT2D eigenvalue weighted by atomic mass is 16.5. The Morgan fingerprint density at radius 3 is 2.58 bits per heavy atom. The molecule has 1 aromatic heterocycles. The molecule has 0 spiro atoms. The molecule has 2 aromatic rings. The van der Waals surface area contributed by atoms with E-state index in [1.54, 1.807) is 20.4 Å². The van der Waals surface area contributed by atoms with Gasteiger partial charge in [0.1, 0.15) is 5.75 Å². The highest BCUT2D eigenvalue weighted by Gasteiger charge is 1.98. The van der Waals surface area contributed by atoms with E-state index in [2.05, 4.69) is 20.7 Å². The Balaban J connectivity index is 1.49. The zero-order valence-electron chi connectivity index (χ0n) is 15.6.